The van der Waals surface area contributed by atoms with Crippen molar-refractivity contribution in [2.24, 2.45) is 0 Å². The molecular formula is C16H17ClN4. The van der Waals surface area contributed by atoms with E-state index in [1.807, 2.05) is 32.0 Å². The fraction of sp³-hybridized carbons (Fsp3) is 0.250. The molecule has 2 heterocycles. The lowest BCUT2D eigenvalue weighted by Crippen LogP contribution is -2.03. The third-order valence-corrected chi connectivity index (χ3v) is 4.13. The number of halogens is 1. The minimum absolute atomic E-state index is 0.531. The number of benzene rings is 1. The van der Waals surface area contributed by atoms with Gasteiger partial charge < -0.3 is 5.73 Å². The van der Waals surface area contributed by atoms with E-state index in [0.717, 1.165) is 38.6 Å². The minimum atomic E-state index is 0.531. The molecule has 108 valence electrons. The monoisotopic (exact) mass is 300 g/mol. The molecule has 5 heteroatoms. The number of nitrogens with two attached hydrogens (primary N) is 1. The van der Waals surface area contributed by atoms with Crippen molar-refractivity contribution < 1.29 is 0 Å². The van der Waals surface area contributed by atoms with E-state index in [4.69, 9.17) is 17.3 Å². The second-order valence-electron chi connectivity index (χ2n) is 5.33. The molecule has 3 rings (SSSR count). The van der Waals surface area contributed by atoms with Crippen LogP contribution in [0.25, 0.3) is 16.7 Å². The molecule has 0 atom stereocenters. The SMILES string of the molecule is Cc1nc(N)c2c(C)c(C)n(-c3ccc(Cl)cc3C)c2n1. The molecule has 0 aliphatic carbocycles. The van der Waals surface area contributed by atoms with Crippen LogP contribution in [0.15, 0.2) is 18.2 Å². The molecule has 0 saturated heterocycles. The lowest BCUT2D eigenvalue weighted by atomic mass is 10.2. The van der Waals surface area contributed by atoms with Gasteiger partial charge in [0.2, 0.25) is 0 Å². The fourth-order valence-electron chi connectivity index (χ4n) is 2.77. The summed E-state index contributed by atoms with van der Waals surface area (Å²) in [6, 6.07) is 5.86. The first-order valence-corrected chi connectivity index (χ1v) is 7.16. The highest BCUT2D eigenvalue weighted by molar-refractivity contribution is 6.30. The summed E-state index contributed by atoms with van der Waals surface area (Å²) < 4.78 is 2.13. The zero-order valence-electron chi connectivity index (χ0n) is 12.5. The summed E-state index contributed by atoms with van der Waals surface area (Å²) in [6.45, 7) is 8.01. The van der Waals surface area contributed by atoms with E-state index >= 15 is 0 Å². The topological polar surface area (TPSA) is 56.7 Å². The van der Waals surface area contributed by atoms with Crippen LogP contribution >= 0.6 is 11.6 Å². The Morgan fingerprint density at radius 2 is 1.81 bits per heavy atom. The highest BCUT2D eigenvalue weighted by atomic mass is 35.5. The Morgan fingerprint density at radius 3 is 2.48 bits per heavy atom. The molecular weight excluding hydrogens is 284 g/mol. The van der Waals surface area contributed by atoms with Crippen LogP contribution in [0.5, 0.6) is 0 Å². The number of nitrogens with zero attached hydrogens (tertiary/aromatic N) is 3. The Morgan fingerprint density at radius 1 is 1.10 bits per heavy atom. The summed E-state index contributed by atoms with van der Waals surface area (Å²) in [6.07, 6.45) is 0. The summed E-state index contributed by atoms with van der Waals surface area (Å²) >= 11 is 6.06. The van der Waals surface area contributed by atoms with Crippen LogP contribution in [0.3, 0.4) is 0 Å². The maximum Gasteiger partial charge on any atom is 0.150 e. The van der Waals surface area contributed by atoms with E-state index in [1.165, 1.54) is 0 Å². The second-order valence-corrected chi connectivity index (χ2v) is 5.77. The summed E-state index contributed by atoms with van der Waals surface area (Å²) in [4.78, 5) is 8.88. The van der Waals surface area contributed by atoms with E-state index < -0.39 is 0 Å². The van der Waals surface area contributed by atoms with Crippen LogP contribution in [-0.4, -0.2) is 14.5 Å². The van der Waals surface area contributed by atoms with Crippen molar-refractivity contribution in [3.63, 3.8) is 0 Å². The highest BCUT2D eigenvalue weighted by Gasteiger charge is 2.18. The van der Waals surface area contributed by atoms with Gasteiger partial charge in [-0.1, -0.05) is 11.6 Å². The summed E-state index contributed by atoms with van der Waals surface area (Å²) in [5.41, 5.74) is 11.3. The fourth-order valence-corrected chi connectivity index (χ4v) is 3.00. The molecule has 0 amide bonds. The van der Waals surface area contributed by atoms with Gasteiger partial charge in [-0.25, -0.2) is 9.97 Å². The van der Waals surface area contributed by atoms with Crippen LogP contribution in [-0.2, 0) is 0 Å². The van der Waals surface area contributed by atoms with E-state index in [9.17, 15) is 0 Å². The number of fused-ring (bicyclic) bond motifs is 1. The standard InChI is InChI=1S/C16H17ClN4/c1-8-7-12(17)5-6-13(8)21-10(3)9(2)14-15(18)19-11(4)20-16(14)21/h5-7H,1-4H3,(H2,18,19,20). The van der Waals surface area contributed by atoms with Gasteiger partial charge in [0.1, 0.15) is 11.6 Å². The molecule has 1 aromatic carbocycles. The maximum atomic E-state index is 6.09. The van der Waals surface area contributed by atoms with Crippen LogP contribution in [0, 0.1) is 27.7 Å². The minimum Gasteiger partial charge on any atom is -0.383 e. The maximum absolute atomic E-state index is 6.09. The quantitative estimate of drug-likeness (QED) is 0.742. The van der Waals surface area contributed by atoms with Gasteiger partial charge in [0.25, 0.3) is 0 Å². The third-order valence-electron chi connectivity index (χ3n) is 3.89. The van der Waals surface area contributed by atoms with Crippen LogP contribution in [0.2, 0.25) is 5.02 Å². The Kier molecular flexibility index (Phi) is 3.14. The number of aryl methyl sites for hydroxylation is 3. The average molecular weight is 301 g/mol. The Balaban J connectivity index is 2.45. The molecule has 0 unspecified atom stereocenters. The van der Waals surface area contributed by atoms with Gasteiger partial charge in [-0.05, 0) is 57.0 Å². The van der Waals surface area contributed by atoms with E-state index in [0.29, 0.717) is 11.6 Å². The normalized spacial score (nSPS) is 11.3. The molecule has 4 nitrogen and oxygen atoms in total. The Labute approximate surface area is 128 Å². The number of nitrogen functional groups attached to an aromatic ring is 1. The van der Waals surface area contributed by atoms with Gasteiger partial charge in [0.15, 0.2) is 5.65 Å². The van der Waals surface area contributed by atoms with E-state index in [1.54, 1.807) is 0 Å². The van der Waals surface area contributed by atoms with Crippen LogP contribution in [0.4, 0.5) is 5.82 Å². The molecule has 2 aromatic heterocycles. The Hall–Kier alpha value is -2.07. The van der Waals surface area contributed by atoms with Crippen LogP contribution in [0.1, 0.15) is 22.6 Å². The molecule has 2 N–H and O–H groups in total. The molecule has 0 bridgehead atoms. The van der Waals surface area contributed by atoms with E-state index in [-0.39, 0.29) is 0 Å². The molecule has 0 spiro atoms. The number of hydrogen-bond donors (Lipinski definition) is 1. The number of rotatable bonds is 1. The highest BCUT2D eigenvalue weighted by Crippen LogP contribution is 2.32. The van der Waals surface area contributed by atoms with Crippen molar-refractivity contribution in [2.75, 3.05) is 5.73 Å². The predicted molar refractivity (Wildman–Crippen MR) is 87.2 cm³/mol. The van der Waals surface area contributed by atoms with Crippen molar-refractivity contribution in [3.8, 4) is 5.69 Å². The Bertz CT molecular complexity index is 865. The van der Waals surface area contributed by atoms with Gasteiger partial charge in [-0.15, -0.1) is 0 Å². The number of aromatic nitrogens is 3. The molecule has 0 aliphatic rings. The van der Waals surface area contributed by atoms with Gasteiger partial charge in [-0.2, -0.15) is 0 Å². The summed E-state index contributed by atoms with van der Waals surface area (Å²) in [7, 11) is 0. The summed E-state index contributed by atoms with van der Waals surface area (Å²) in [5, 5.41) is 1.65. The van der Waals surface area contributed by atoms with E-state index in [2.05, 4.69) is 28.4 Å². The van der Waals surface area contributed by atoms with Gasteiger partial charge >= 0.3 is 0 Å². The number of anilines is 1. The van der Waals surface area contributed by atoms with Crippen molar-refractivity contribution in [1.29, 1.82) is 0 Å². The first-order chi connectivity index (χ1) is 9.90. The summed E-state index contributed by atoms with van der Waals surface area (Å²) in [5.74, 6) is 1.20. The zero-order valence-corrected chi connectivity index (χ0v) is 13.3. The molecule has 21 heavy (non-hydrogen) atoms. The molecule has 0 radical (unpaired) electrons. The molecule has 0 saturated carbocycles. The van der Waals surface area contributed by atoms with Crippen LogP contribution < -0.4 is 5.73 Å². The second kappa shape index (κ2) is 4.74. The third kappa shape index (κ3) is 2.07. The van der Waals surface area contributed by atoms with Gasteiger partial charge in [0, 0.05) is 10.7 Å². The van der Waals surface area contributed by atoms with Gasteiger partial charge in [0.05, 0.1) is 11.1 Å². The molecule has 0 aliphatic heterocycles. The average Bonchev–Trinajstić information content (AvgIpc) is 2.63. The van der Waals surface area contributed by atoms with Gasteiger partial charge in [-0.3, -0.25) is 4.57 Å². The van der Waals surface area contributed by atoms with Crippen molar-refractivity contribution in [3.05, 3.63) is 45.9 Å². The number of hydrogen-bond acceptors (Lipinski definition) is 3. The van der Waals surface area contributed by atoms with Crippen molar-refractivity contribution in [1.82, 2.24) is 14.5 Å². The molecule has 0 fully saturated rings. The zero-order chi connectivity index (χ0) is 15.3. The predicted octanol–water partition coefficient (Wildman–Crippen LogP) is 3.89. The lowest BCUT2D eigenvalue weighted by Gasteiger charge is -2.12. The lowest BCUT2D eigenvalue weighted by molar-refractivity contribution is 0.986. The van der Waals surface area contributed by atoms with Crippen molar-refractivity contribution >= 4 is 28.5 Å². The smallest absolute Gasteiger partial charge is 0.150 e. The first kappa shape index (κ1) is 13.9. The van der Waals surface area contributed by atoms with Crippen molar-refractivity contribution in [2.45, 2.75) is 27.7 Å². The molecule has 3 aromatic rings. The largest absolute Gasteiger partial charge is 0.383 e. The first-order valence-electron chi connectivity index (χ1n) is 6.78.